The number of hydrogen-bond acceptors (Lipinski definition) is 4. The van der Waals surface area contributed by atoms with E-state index in [2.05, 4.69) is 49.9 Å². The van der Waals surface area contributed by atoms with Crippen molar-refractivity contribution < 1.29 is 0 Å². The van der Waals surface area contributed by atoms with Crippen molar-refractivity contribution in [2.45, 2.75) is 32.4 Å². The van der Waals surface area contributed by atoms with Crippen LogP contribution in [0.15, 0.2) is 40.8 Å². The van der Waals surface area contributed by atoms with E-state index in [1.807, 2.05) is 17.4 Å². The Kier molecular flexibility index (Phi) is 8.94. The molecular weight excluding hydrogens is 481 g/mol. The van der Waals surface area contributed by atoms with Gasteiger partial charge in [-0.2, -0.15) is 0 Å². The van der Waals surface area contributed by atoms with Gasteiger partial charge in [-0.1, -0.05) is 17.7 Å². The molecule has 2 aromatic heterocycles. The lowest BCUT2D eigenvalue weighted by Gasteiger charge is -2.33. The van der Waals surface area contributed by atoms with Crippen molar-refractivity contribution in [3.05, 3.63) is 46.6 Å². The van der Waals surface area contributed by atoms with E-state index in [0.29, 0.717) is 17.7 Å². The van der Waals surface area contributed by atoms with Crippen LogP contribution in [0.25, 0.3) is 0 Å². The second kappa shape index (κ2) is 10.9. The first-order chi connectivity index (χ1) is 12.2. The molecule has 1 aliphatic rings. The van der Waals surface area contributed by atoms with Gasteiger partial charge in [0, 0.05) is 31.9 Å². The van der Waals surface area contributed by atoms with Crippen molar-refractivity contribution in [1.29, 1.82) is 0 Å². The summed E-state index contributed by atoms with van der Waals surface area (Å²) >= 11 is 7.64. The second-order valence-electron chi connectivity index (χ2n) is 6.04. The van der Waals surface area contributed by atoms with Gasteiger partial charge in [0.15, 0.2) is 5.96 Å². The number of hydrogen-bond donors (Lipinski definition) is 2. The van der Waals surface area contributed by atoms with Crippen molar-refractivity contribution >= 4 is 57.9 Å². The highest BCUT2D eigenvalue weighted by molar-refractivity contribution is 14.0. The Morgan fingerprint density at radius 3 is 2.77 bits per heavy atom. The number of piperidine rings is 1. The van der Waals surface area contributed by atoms with E-state index in [1.165, 1.54) is 5.00 Å². The predicted molar refractivity (Wildman–Crippen MR) is 122 cm³/mol. The molecule has 8 heteroatoms. The molecule has 1 saturated heterocycles. The normalized spacial score (nSPS) is 15.5. The molecule has 2 N–H and O–H groups in total. The first kappa shape index (κ1) is 21.2. The highest BCUT2D eigenvalue weighted by Crippen LogP contribution is 2.24. The molecule has 5 nitrogen and oxygen atoms in total. The number of pyridine rings is 1. The van der Waals surface area contributed by atoms with Crippen LogP contribution in [0.3, 0.4) is 0 Å². The van der Waals surface area contributed by atoms with Crippen LogP contribution in [-0.4, -0.2) is 36.6 Å². The number of nitrogens with zero attached hydrogens (tertiary/aromatic N) is 3. The maximum atomic E-state index is 5.83. The van der Waals surface area contributed by atoms with Gasteiger partial charge in [0.25, 0.3) is 0 Å². The Hall–Kier alpha value is -1.06. The smallest absolute Gasteiger partial charge is 0.191 e. The number of nitrogens with one attached hydrogen (secondary N) is 2. The van der Waals surface area contributed by atoms with Gasteiger partial charge in [0.1, 0.15) is 5.15 Å². The van der Waals surface area contributed by atoms with Gasteiger partial charge >= 0.3 is 0 Å². The second-order valence-corrected chi connectivity index (χ2v) is 7.35. The topological polar surface area (TPSA) is 52.6 Å². The molecule has 1 aliphatic heterocycles. The lowest BCUT2D eigenvalue weighted by molar-refractivity contribution is 0.463. The highest BCUT2D eigenvalue weighted by atomic mass is 127. The van der Waals surface area contributed by atoms with E-state index in [-0.39, 0.29) is 24.0 Å². The first-order valence-corrected chi connectivity index (χ1v) is 9.94. The molecule has 142 valence electrons. The molecular formula is C18H25ClIN5S. The van der Waals surface area contributed by atoms with E-state index < -0.39 is 0 Å². The summed E-state index contributed by atoms with van der Waals surface area (Å²) in [6.07, 6.45) is 4.00. The molecule has 0 aromatic carbocycles. The molecule has 0 amide bonds. The van der Waals surface area contributed by atoms with E-state index in [9.17, 15) is 0 Å². The molecule has 0 saturated carbocycles. The van der Waals surface area contributed by atoms with Gasteiger partial charge in [0.2, 0.25) is 0 Å². The van der Waals surface area contributed by atoms with Crippen LogP contribution in [-0.2, 0) is 6.54 Å². The van der Waals surface area contributed by atoms with Gasteiger partial charge in [-0.15, -0.1) is 35.3 Å². The summed E-state index contributed by atoms with van der Waals surface area (Å²) in [6, 6.07) is 8.53. The third-order valence-corrected chi connectivity index (χ3v) is 5.36. The molecule has 0 spiro atoms. The van der Waals surface area contributed by atoms with E-state index in [4.69, 9.17) is 11.6 Å². The fourth-order valence-electron chi connectivity index (χ4n) is 2.88. The molecule has 0 bridgehead atoms. The summed E-state index contributed by atoms with van der Waals surface area (Å²) in [6.45, 7) is 5.68. The first-order valence-electron chi connectivity index (χ1n) is 8.68. The van der Waals surface area contributed by atoms with Crippen LogP contribution in [0, 0.1) is 0 Å². The molecule has 0 atom stereocenters. The van der Waals surface area contributed by atoms with Crippen LogP contribution >= 0.6 is 46.9 Å². The van der Waals surface area contributed by atoms with E-state index in [0.717, 1.165) is 44.0 Å². The quantitative estimate of drug-likeness (QED) is 0.278. The number of anilines is 1. The monoisotopic (exact) mass is 505 g/mol. The SMILES string of the molecule is CCNC(=NCc1ccc(Cl)nc1)NC1CCN(c2cccs2)CC1.I. The molecule has 3 heterocycles. The Morgan fingerprint density at radius 2 is 2.15 bits per heavy atom. The maximum absolute atomic E-state index is 5.83. The Labute approximate surface area is 181 Å². The van der Waals surface area contributed by atoms with Gasteiger partial charge in [-0.3, -0.25) is 0 Å². The van der Waals surface area contributed by atoms with Gasteiger partial charge in [0.05, 0.1) is 11.5 Å². The summed E-state index contributed by atoms with van der Waals surface area (Å²) in [4.78, 5) is 11.2. The van der Waals surface area contributed by atoms with Crippen molar-refractivity contribution in [2.75, 3.05) is 24.5 Å². The van der Waals surface area contributed by atoms with Crippen molar-refractivity contribution in [1.82, 2.24) is 15.6 Å². The Morgan fingerprint density at radius 1 is 1.35 bits per heavy atom. The minimum Gasteiger partial charge on any atom is -0.363 e. The van der Waals surface area contributed by atoms with Crippen LogP contribution in [0.1, 0.15) is 25.3 Å². The van der Waals surface area contributed by atoms with Crippen LogP contribution in [0.4, 0.5) is 5.00 Å². The van der Waals surface area contributed by atoms with Gasteiger partial charge in [-0.05, 0) is 48.9 Å². The van der Waals surface area contributed by atoms with Crippen LogP contribution in [0.5, 0.6) is 0 Å². The summed E-state index contributed by atoms with van der Waals surface area (Å²) < 4.78 is 0. The number of guanidine groups is 1. The molecule has 0 aliphatic carbocycles. The molecule has 3 rings (SSSR count). The summed E-state index contributed by atoms with van der Waals surface area (Å²) in [5.41, 5.74) is 1.05. The fraction of sp³-hybridized carbons (Fsp3) is 0.444. The maximum Gasteiger partial charge on any atom is 0.191 e. The van der Waals surface area contributed by atoms with Gasteiger partial charge < -0.3 is 15.5 Å². The molecule has 0 unspecified atom stereocenters. The highest BCUT2D eigenvalue weighted by Gasteiger charge is 2.20. The van der Waals surface area contributed by atoms with E-state index in [1.54, 1.807) is 12.3 Å². The summed E-state index contributed by atoms with van der Waals surface area (Å²) in [7, 11) is 0. The third-order valence-electron chi connectivity index (χ3n) is 4.21. The average molecular weight is 506 g/mol. The van der Waals surface area contributed by atoms with Crippen molar-refractivity contribution in [3.63, 3.8) is 0 Å². The number of aromatic nitrogens is 1. The number of thiophene rings is 1. The Balaban J connectivity index is 0.00000243. The minimum atomic E-state index is 0. The summed E-state index contributed by atoms with van der Waals surface area (Å²) in [5, 5.41) is 10.9. The Bertz CT molecular complexity index is 669. The fourth-order valence-corrected chi connectivity index (χ4v) is 3.77. The lowest BCUT2D eigenvalue weighted by Crippen LogP contribution is -2.48. The predicted octanol–water partition coefficient (Wildman–Crippen LogP) is 4.14. The van der Waals surface area contributed by atoms with Crippen LogP contribution in [0.2, 0.25) is 5.15 Å². The zero-order valence-corrected chi connectivity index (χ0v) is 18.7. The standard InChI is InChI=1S/C18H24ClN5S.HI/c1-2-20-18(22-13-14-5-6-16(19)21-12-14)23-15-7-9-24(10-8-15)17-4-3-11-25-17;/h3-6,11-12,15H,2,7-10,13H2,1H3,(H2,20,22,23);1H. The number of aliphatic imine (C=N–C) groups is 1. The lowest BCUT2D eigenvalue weighted by atomic mass is 10.1. The molecule has 2 aromatic rings. The largest absolute Gasteiger partial charge is 0.363 e. The van der Waals surface area contributed by atoms with E-state index >= 15 is 0 Å². The van der Waals surface area contributed by atoms with Crippen LogP contribution < -0.4 is 15.5 Å². The number of halogens is 2. The third kappa shape index (κ3) is 6.28. The zero-order valence-electron chi connectivity index (χ0n) is 14.8. The average Bonchev–Trinajstić information content (AvgIpc) is 3.16. The van der Waals surface area contributed by atoms with Gasteiger partial charge in [-0.25, -0.2) is 9.98 Å². The summed E-state index contributed by atoms with van der Waals surface area (Å²) in [5.74, 6) is 0.868. The molecule has 26 heavy (non-hydrogen) atoms. The van der Waals surface area contributed by atoms with Crippen molar-refractivity contribution in [2.24, 2.45) is 4.99 Å². The zero-order chi connectivity index (χ0) is 17.5. The molecule has 0 radical (unpaired) electrons. The van der Waals surface area contributed by atoms with Crippen molar-refractivity contribution in [3.8, 4) is 0 Å². The minimum absolute atomic E-state index is 0. The molecule has 1 fully saturated rings. The number of rotatable bonds is 5.